The number of hydrogen-bond donors (Lipinski definition) is 3. The summed E-state index contributed by atoms with van der Waals surface area (Å²) in [5.41, 5.74) is -3.72. The number of nitro groups is 1. The van der Waals surface area contributed by atoms with Crippen LogP contribution in [0.3, 0.4) is 0 Å². The average molecular weight is 384 g/mol. The number of aromatic nitrogens is 3. The smallest absolute Gasteiger partial charge is 0.431 e. The first kappa shape index (κ1) is 17.9. The van der Waals surface area contributed by atoms with Gasteiger partial charge in [-0.15, -0.1) is 0 Å². The number of nitro benzene ring substituents is 1. The number of benzene rings is 1. The predicted octanol–water partition coefficient (Wildman–Crippen LogP) is 2.43. The molecule has 0 atom stereocenters. The summed E-state index contributed by atoms with van der Waals surface area (Å²) in [5, 5.41) is 33.3. The molecule has 27 heavy (non-hydrogen) atoms. The first-order valence-electron chi connectivity index (χ1n) is 6.93. The highest BCUT2D eigenvalue weighted by atomic mass is 19.4. The molecule has 3 aromatic rings. The van der Waals surface area contributed by atoms with Crippen molar-refractivity contribution >= 4 is 5.69 Å². The van der Waals surface area contributed by atoms with Gasteiger partial charge in [0.1, 0.15) is 5.69 Å². The van der Waals surface area contributed by atoms with Crippen LogP contribution in [0.4, 0.5) is 18.9 Å². The van der Waals surface area contributed by atoms with E-state index in [1.807, 2.05) is 0 Å². The van der Waals surface area contributed by atoms with Crippen molar-refractivity contribution in [2.75, 3.05) is 0 Å². The van der Waals surface area contributed by atoms with Crippen LogP contribution in [0.5, 0.6) is 11.5 Å². The van der Waals surface area contributed by atoms with E-state index in [4.69, 9.17) is 4.52 Å². The van der Waals surface area contributed by atoms with Crippen LogP contribution in [0, 0.1) is 10.1 Å². The molecular weight excluding hydrogens is 377 g/mol. The molecule has 0 unspecified atom stereocenters. The molecule has 140 valence electrons. The fraction of sp³-hybridized carbons (Fsp3) is 0.0714. The van der Waals surface area contributed by atoms with Crippen molar-refractivity contribution < 1.29 is 32.8 Å². The standard InChI is InChI=1S/C14H7F3N4O6/c15-14(16,17)9-2-1-6(12(24)18-9)11-19-13(27-20-11)5-3-7(21(25)26)10(23)8(22)4-5/h1-4,22-23H,(H,18,24). The Labute approximate surface area is 145 Å². The van der Waals surface area contributed by atoms with Gasteiger partial charge in [-0.05, 0) is 18.2 Å². The molecule has 3 rings (SSSR count). The topological polar surface area (TPSA) is 155 Å². The van der Waals surface area contributed by atoms with Gasteiger partial charge >= 0.3 is 11.9 Å². The molecule has 0 spiro atoms. The van der Waals surface area contributed by atoms with Crippen molar-refractivity contribution in [1.82, 2.24) is 15.1 Å². The Kier molecular flexibility index (Phi) is 4.06. The molecule has 2 heterocycles. The molecule has 2 aromatic heterocycles. The van der Waals surface area contributed by atoms with E-state index < -0.39 is 39.5 Å². The van der Waals surface area contributed by atoms with Crippen LogP contribution in [0.15, 0.2) is 33.6 Å². The summed E-state index contributed by atoms with van der Waals surface area (Å²) in [7, 11) is 0. The van der Waals surface area contributed by atoms with Crippen molar-refractivity contribution in [3.05, 3.63) is 50.4 Å². The SMILES string of the molecule is O=c1[nH]c(C(F)(F)F)ccc1-c1noc(-c2cc(O)c(O)c([N+](=O)[O-])c2)n1. The summed E-state index contributed by atoms with van der Waals surface area (Å²) in [6, 6.07) is 3.19. The van der Waals surface area contributed by atoms with Gasteiger partial charge in [-0.25, -0.2) is 0 Å². The molecule has 0 bridgehead atoms. The second-order valence-corrected chi connectivity index (χ2v) is 5.16. The van der Waals surface area contributed by atoms with Crippen molar-refractivity contribution in [3.8, 4) is 34.3 Å². The third-order valence-corrected chi connectivity index (χ3v) is 3.40. The van der Waals surface area contributed by atoms with E-state index >= 15 is 0 Å². The van der Waals surface area contributed by atoms with E-state index in [2.05, 4.69) is 10.1 Å². The summed E-state index contributed by atoms with van der Waals surface area (Å²) in [6.45, 7) is 0. The monoisotopic (exact) mass is 384 g/mol. The van der Waals surface area contributed by atoms with Crippen LogP contribution in [0.1, 0.15) is 5.69 Å². The van der Waals surface area contributed by atoms with E-state index in [0.29, 0.717) is 6.07 Å². The Morgan fingerprint density at radius 1 is 1.22 bits per heavy atom. The van der Waals surface area contributed by atoms with E-state index in [-0.39, 0.29) is 22.8 Å². The van der Waals surface area contributed by atoms with Crippen LogP contribution in [-0.2, 0) is 6.18 Å². The molecule has 0 amide bonds. The molecule has 10 nitrogen and oxygen atoms in total. The van der Waals surface area contributed by atoms with E-state index in [9.17, 15) is 38.3 Å². The number of rotatable bonds is 3. The lowest BCUT2D eigenvalue weighted by Gasteiger charge is -2.05. The quantitative estimate of drug-likeness (QED) is 0.353. The van der Waals surface area contributed by atoms with Crippen molar-refractivity contribution in [1.29, 1.82) is 0 Å². The van der Waals surface area contributed by atoms with Crippen LogP contribution in [0.25, 0.3) is 22.8 Å². The van der Waals surface area contributed by atoms with Gasteiger partial charge in [-0.1, -0.05) is 5.16 Å². The summed E-state index contributed by atoms with van der Waals surface area (Å²) in [5.74, 6) is -2.55. The highest BCUT2D eigenvalue weighted by Crippen LogP contribution is 2.39. The van der Waals surface area contributed by atoms with E-state index in [1.54, 1.807) is 4.98 Å². The number of nitrogens with zero attached hydrogens (tertiary/aromatic N) is 3. The van der Waals surface area contributed by atoms with Crippen LogP contribution < -0.4 is 5.56 Å². The number of alkyl halides is 3. The molecular formula is C14H7F3N4O6. The summed E-state index contributed by atoms with van der Waals surface area (Å²) >= 11 is 0. The lowest BCUT2D eigenvalue weighted by molar-refractivity contribution is -0.385. The highest BCUT2D eigenvalue weighted by molar-refractivity contribution is 5.68. The zero-order valence-electron chi connectivity index (χ0n) is 12.8. The lowest BCUT2D eigenvalue weighted by atomic mass is 10.1. The number of phenolic OH excluding ortho intramolecular Hbond substituents is 2. The Morgan fingerprint density at radius 3 is 2.52 bits per heavy atom. The predicted molar refractivity (Wildman–Crippen MR) is 80.8 cm³/mol. The maximum Gasteiger partial charge on any atom is 0.431 e. The van der Waals surface area contributed by atoms with Gasteiger partial charge in [-0.3, -0.25) is 14.9 Å². The number of hydrogen-bond acceptors (Lipinski definition) is 8. The highest BCUT2D eigenvalue weighted by Gasteiger charge is 2.32. The van der Waals surface area contributed by atoms with Crippen LogP contribution >= 0.6 is 0 Å². The largest absolute Gasteiger partial charge is 0.504 e. The van der Waals surface area contributed by atoms with E-state index in [0.717, 1.165) is 18.2 Å². The summed E-state index contributed by atoms with van der Waals surface area (Å²) in [4.78, 5) is 27.2. The minimum absolute atomic E-state index is 0.154. The fourth-order valence-electron chi connectivity index (χ4n) is 2.13. The number of halogens is 3. The Bertz CT molecular complexity index is 1100. The third kappa shape index (κ3) is 3.29. The number of pyridine rings is 1. The minimum Gasteiger partial charge on any atom is -0.504 e. The Morgan fingerprint density at radius 2 is 1.93 bits per heavy atom. The molecule has 1 aromatic carbocycles. The minimum atomic E-state index is -4.75. The number of nitrogens with one attached hydrogen (secondary N) is 1. The number of H-pyrrole nitrogens is 1. The average Bonchev–Trinajstić information content (AvgIpc) is 3.05. The molecule has 13 heteroatoms. The summed E-state index contributed by atoms with van der Waals surface area (Å²) < 4.78 is 42.6. The van der Waals surface area contributed by atoms with Gasteiger partial charge in [0.05, 0.1) is 16.1 Å². The maximum absolute atomic E-state index is 12.6. The Balaban J connectivity index is 2.04. The van der Waals surface area contributed by atoms with Gasteiger partial charge in [0.2, 0.25) is 11.6 Å². The van der Waals surface area contributed by atoms with Gasteiger partial charge in [-0.2, -0.15) is 18.2 Å². The summed E-state index contributed by atoms with van der Waals surface area (Å²) in [6.07, 6.45) is -4.75. The van der Waals surface area contributed by atoms with Gasteiger partial charge in [0.25, 0.3) is 11.4 Å². The van der Waals surface area contributed by atoms with Gasteiger partial charge in [0, 0.05) is 6.07 Å². The second-order valence-electron chi connectivity index (χ2n) is 5.16. The zero-order valence-corrected chi connectivity index (χ0v) is 12.8. The molecule has 0 radical (unpaired) electrons. The molecule has 0 aliphatic rings. The number of aromatic amines is 1. The molecule has 0 fully saturated rings. The second kappa shape index (κ2) is 6.12. The van der Waals surface area contributed by atoms with Gasteiger partial charge in [0.15, 0.2) is 5.75 Å². The first-order chi connectivity index (χ1) is 12.6. The maximum atomic E-state index is 12.6. The number of phenols is 2. The molecule has 0 aliphatic carbocycles. The van der Waals surface area contributed by atoms with Crippen LogP contribution in [0.2, 0.25) is 0 Å². The van der Waals surface area contributed by atoms with Crippen molar-refractivity contribution in [2.45, 2.75) is 6.18 Å². The molecule has 0 saturated carbocycles. The first-order valence-corrected chi connectivity index (χ1v) is 6.93. The van der Waals surface area contributed by atoms with Crippen molar-refractivity contribution in [2.24, 2.45) is 0 Å². The van der Waals surface area contributed by atoms with E-state index in [1.165, 1.54) is 0 Å². The lowest BCUT2D eigenvalue weighted by Crippen LogP contribution is -2.17. The number of aromatic hydroxyl groups is 2. The van der Waals surface area contributed by atoms with Gasteiger partial charge < -0.3 is 19.7 Å². The molecule has 0 saturated heterocycles. The molecule has 3 N–H and O–H groups in total. The fourth-order valence-corrected chi connectivity index (χ4v) is 2.13. The normalized spacial score (nSPS) is 11.5. The third-order valence-electron chi connectivity index (χ3n) is 3.40. The Hall–Kier alpha value is -3.90. The zero-order chi connectivity index (χ0) is 19.9. The molecule has 0 aliphatic heterocycles. The van der Waals surface area contributed by atoms with Crippen molar-refractivity contribution in [3.63, 3.8) is 0 Å². The van der Waals surface area contributed by atoms with Crippen LogP contribution in [-0.4, -0.2) is 30.3 Å².